The summed E-state index contributed by atoms with van der Waals surface area (Å²) in [7, 11) is 3.98. The van der Waals surface area contributed by atoms with E-state index in [0.29, 0.717) is 0 Å². The van der Waals surface area contributed by atoms with Crippen molar-refractivity contribution in [2.45, 2.75) is 10.5 Å². The summed E-state index contributed by atoms with van der Waals surface area (Å²) in [5, 5.41) is 0.552. The Morgan fingerprint density at radius 1 is 0.344 bits per heavy atom. The van der Waals surface area contributed by atoms with Crippen molar-refractivity contribution in [3.63, 3.8) is 0 Å². The average molecular weight is 447 g/mol. The van der Waals surface area contributed by atoms with Gasteiger partial charge < -0.3 is 0 Å². The summed E-state index contributed by atoms with van der Waals surface area (Å²) in [4.78, 5) is 0. The molecule has 0 aliphatic heterocycles. The molecule has 0 heterocycles. The molecule has 0 unspecified atom stereocenters. The molecule has 0 spiro atoms. The van der Waals surface area contributed by atoms with Crippen molar-refractivity contribution >= 4 is 45.9 Å². The number of hydrogen-bond acceptors (Lipinski definition) is 2. The lowest BCUT2D eigenvalue weighted by molar-refractivity contribution is 1.15. The first-order chi connectivity index (χ1) is 15.9. The molecule has 0 nitrogen and oxygen atoms in total. The highest BCUT2D eigenvalue weighted by atomic mass is 33.1. The third kappa shape index (κ3) is 3.54. The summed E-state index contributed by atoms with van der Waals surface area (Å²) in [5.74, 6) is 0. The molecule has 0 saturated carbocycles. The second kappa shape index (κ2) is 8.54. The Kier molecular flexibility index (Phi) is 5.26. The highest BCUT2D eigenvalue weighted by Crippen LogP contribution is 2.54. The fourth-order valence-electron chi connectivity index (χ4n) is 4.62. The van der Waals surface area contributed by atoms with E-state index >= 15 is 0 Å². The molecule has 0 N–H and O–H groups in total. The molecule has 0 radical (unpaired) electrons. The molecule has 6 rings (SSSR count). The number of fused-ring (bicyclic) bond motifs is 4. The van der Waals surface area contributed by atoms with Crippen molar-refractivity contribution in [1.29, 1.82) is 0 Å². The Morgan fingerprint density at radius 3 is 0.875 bits per heavy atom. The van der Waals surface area contributed by atoms with Gasteiger partial charge in [0.15, 0.2) is 0 Å². The minimum absolute atomic E-state index is 0.276. The van der Waals surface area contributed by atoms with E-state index in [0.717, 1.165) is 0 Å². The van der Waals surface area contributed by atoms with E-state index in [2.05, 4.69) is 121 Å². The number of hydrogen-bond donors (Lipinski definition) is 0. The summed E-state index contributed by atoms with van der Waals surface area (Å²) in [5.41, 5.74) is 10.8. The van der Waals surface area contributed by atoms with Crippen LogP contribution >= 0.6 is 21.6 Å². The van der Waals surface area contributed by atoms with E-state index in [9.17, 15) is 0 Å². The zero-order valence-electron chi connectivity index (χ0n) is 17.5. The maximum atomic E-state index is 2.29. The summed E-state index contributed by atoms with van der Waals surface area (Å²) in [6.07, 6.45) is 9.05. The lowest BCUT2D eigenvalue weighted by Crippen LogP contribution is -2.02. The Hall–Kier alpha value is -2.94. The van der Waals surface area contributed by atoms with Crippen molar-refractivity contribution in [3.05, 3.63) is 142 Å². The molecule has 0 saturated heterocycles. The van der Waals surface area contributed by atoms with Gasteiger partial charge in [0.25, 0.3) is 0 Å². The fourth-order valence-corrected chi connectivity index (χ4v) is 8.02. The SMILES string of the molecule is C1=Cc2ccccc2C(SSC2c3ccccc3C=Cc3ccccc32)c2ccccc21. The summed E-state index contributed by atoms with van der Waals surface area (Å²) < 4.78 is 0. The Bertz CT molecular complexity index is 1140. The fraction of sp³-hybridized carbons (Fsp3) is 0.0667. The van der Waals surface area contributed by atoms with Crippen LogP contribution in [0.2, 0.25) is 0 Å². The van der Waals surface area contributed by atoms with E-state index in [1.807, 2.05) is 21.6 Å². The zero-order valence-corrected chi connectivity index (χ0v) is 19.2. The molecule has 2 heteroatoms. The zero-order chi connectivity index (χ0) is 21.3. The quantitative estimate of drug-likeness (QED) is 0.288. The average Bonchev–Trinajstić information content (AvgIpc) is 3.11. The summed E-state index contributed by atoms with van der Waals surface area (Å²) >= 11 is 0. The van der Waals surface area contributed by atoms with Gasteiger partial charge in [-0.25, -0.2) is 0 Å². The third-order valence-corrected chi connectivity index (χ3v) is 9.25. The van der Waals surface area contributed by atoms with Crippen molar-refractivity contribution in [2.75, 3.05) is 0 Å². The minimum Gasteiger partial charge on any atom is -0.0800 e. The van der Waals surface area contributed by atoms with E-state index < -0.39 is 0 Å². The van der Waals surface area contributed by atoms with Crippen LogP contribution in [0, 0.1) is 0 Å². The second-order valence-corrected chi connectivity index (χ2v) is 10.6. The molecule has 32 heavy (non-hydrogen) atoms. The van der Waals surface area contributed by atoms with Gasteiger partial charge in [0.05, 0.1) is 10.5 Å². The molecule has 0 bridgehead atoms. The summed E-state index contributed by atoms with van der Waals surface area (Å²) in [6.45, 7) is 0. The maximum Gasteiger partial charge on any atom is 0.0662 e. The van der Waals surface area contributed by atoms with Crippen LogP contribution < -0.4 is 0 Å². The van der Waals surface area contributed by atoms with Crippen LogP contribution in [-0.4, -0.2) is 0 Å². The molecule has 0 fully saturated rings. The molecule has 154 valence electrons. The molecule has 4 aromatic rings. The van der Waals surface area contributed by atoms with Crippen LogP contribution in [0.1, 0.15) is 55.0 Å². The second-order valence-electron chi connectivity index (χ2n) is 8.13. The van der Waals surface area contributed by atoms with Gasteiger partial charge in [0, 0.05) is 0 Å². The predicted octanol–water partition coefficient (Wildman–Crippen LogP) is 8.91. The van der Waals surface area contributed by atoms with E-state index in [1.54, 1.807) is 0 Å². The number of rotatable bonds is 3. The molecule has 2 aliphatic carbocycles. The Balaban J connectivity index is 1.43. The normalized spacial score (nSPS) is 14.6. The van der Waals surface area contributed by atoms with Gasteiger partial charge >= 0.3 is 0 Å². The topological polar surface area (TPSA) is 0 Å². The van der Waals surface area contributed by atoms with Crippen LogP contribution in [0.4, 0.5) is 0 Å². The standard InChI is InChI=1S/C30H22S2/c1-5-13-25-21(9-1)17-18-22-10-2-6-14-26(22)29(25)31-32-30-27-15-7-3-11-23(27)19-20-24-12-4-8-16-28(24)30/h1-20,29-30H. The van der Waals surface area contributed by atoms with Crippen molar-refractivity contribution in [2.24, 2.45) is 0 Å². The minimum atomic E-state index is 0.276. The highest BCUT2D eigenvalue weighted by Gasteiger charge is 2.27. The van der Waals surface area contributed by atoms with Gasteiger partial charge in [-0.1, -0.05) is 143 Å². The van der Waals surface area contributed by atoms with Crippen molar-refractivity contribution < 1.29 is 0 Å². The van der Waals surface area contributed by atoms with E-state index in [1.165, 1.54) is 44.5 Å². The first-order valence-electron chi connectivity index (χ1n) is 10.9. The molecular weight excluding hydrogens is 424 g/mol. The summed E-state index contributed by atoms with van der Waals surface area (Å²) in [6, 6.07) is 35.3. The van der Waals surface area contributed by atoms with E-state index in [4.69, 9.17) is 0 Å². The van der Waals surface area contributed by atoms with Gasteiger partial charge in [0.1, 0.15) is 0 Å². The van der Waals surface area contributed by atoms with Crippen LogP contribution in [0.15, 0.2) is 97.1 Å². The Morgan fingerprint density at radius 2 is 0.594 bits per heavy atom. The van der Waals surface area contributed by atoms with Crippen LogP contribution in [0.5, 0.6) is 0 Å². The number of benzene rings is 4. The highest BCUT2D eigenvalue weighted by molar-refractivity contribution is 8.76. The predicted molar refractivity (Wildman–Crippen MR) is 142 cm³/mol. The largest absolute Gasteiger partial charge is 0.0800 e. The molecule has 0 aromatic heterocycles. The van der Waals surface area contributed by atoms with Gasteiger partial charge in [-0.2, -0.15) is 0 Å². The van der Waals surface area contributed by atoms with Gasteiger partial charge in [0.2, 0.25) is 0 Å². The lowest BCUT2D eigenvalue weighted by atomic mass is 9.99. The van der Waals surface area contributed by atoms with Crippen LogP contribution in [0.3, 0.4) is 0 Å². The molecule has 0 amide bonds. The Labute approximate surface area is 197 Å². The lowest BCUT2D eigenvalue weighted by Gasteiger charge is -2.24. The molecule has 4 aromatic carbocycles. The maximum absolute atomic E-state index is 2.29. The van der Waals surface area contributed by atoms with Gasteiger partial charge in [-0.05, 0) is 44.5 Å². The molecule has 0 atom stereocenters. The first-order valence-corrected chi connectivity index (χ1v) is 13.2. The van der Waals surface area contributed by atoms with Gasteiger partial charge in [-0.15, -0.1) is 0 Å². The first kappa shape index (κ1) is 19.7. The molecule has 2 aliphatic rings. The van der Waals surface area contributed by atoms with Crippen molar-refractivity contribution in [3.8, 4) is 0 Å². The van der Waals surface area contributed by atoms with E-state index in [-0.39, 0.29) is 10.5 Å². The van der Waals surface area contributed by atoms with Gasteiger partial charge in [-0.3, -0.25) is 0 Å². The third-order valence-electron chi connectivity index (χ3n) is 6.25. The van der Waals surface area contributed by atoms with Crippen molar-refractivity contribution in [1.82, 2.24) is 0 Å². The van der Waals surface area contributed by atoms with Crippen LogP contribution in [0.25, 0.3) is 24.3 Å². The monoisotopic (exact) mass is 446 g/mol. The molecular formula is C30H22S2. The smallest absolute Gasteiger partial charge is 0.0662 e. The van der Waals surface area contributed by atoms with Crippen LogP contribution in [-0.2, 0) is 0 Å².